The van der Waals surface area contributed by atoms with Crippen molar-refractivity contribution in [3.8, 4) is 17.9 Å². The van der Waals surface area contributed by atoms with E-state index in [2.05, 4.69) is 11.8 Å². The van der Waals surface area contributed by atoms with E-state index in [1.165, 1.54) is 0 Å². The molecule has 0 radical (unpaired) electrons. The molecule has 6 heteroatoms. The minimum absolute atomic E-state index is 0.0245. The fourth-order valence-electron chi connectivity index (χ4n) is 2.37. The van der Waals surface area contributed by atoms with Gasteiger partial charge in [-0.15, -0.1) is 0 Å². The number of hydrogen-bond acceptors (Lipinski definition) is 5. The zero-order valence-corrected chi connectivity index (χ0v) is 13.3. The van der Waals surface area contributed by atoms with Crippen molar-refractivity contribution < 1.29 is 19.0 Å². The van der Waals surface area contributed by atoms with Crippen molar-refractivity contribution in [3.05, 3.63) is 0 Å². The number of ether oxygens (including phenoxy) is 3. The third-order valence-electron chi connectivity index (χ3n) is 3.30. The van der Waals surface area contributed by atoms with E-state index in [-0.39, 0.29) is 25.2 Å². The second-order valence-electron chi connectivity index (χ2n) is 4.76. The number of carbonyl (C=O) groups is 1. The van der Waals surface area contributed by atoms with Gasteiger partial charge in [0.1, 0.15) is 13.2 Å². The van der Waals surface area contributed by atoms with E-state index in [1.807, 2.05) is 19.9 Å². The fourth-order valence-corrected chi connectivity index (χ4v) is 2.37. The highest BCUT2D eigenvalue weighted by molar-refractivity contribution is 5.77. The molecule has 1 aliphatic heterocycles. The summed E-state index contributed by atoms with van der Waals surface area (Å²) in [7, 11) is 0. The third-order valence-corrected chi connectivity index (χ3v) is 3.30. The molecule has 0 saturated carbocycles. The van der Waals surface area contributed by atoms with E-state index in [0.29, 0.717) is 26.2 Å². The molecule has 6 nitrogen and oxygen atoms in total. The zero-order valence-electron chi connectivity index (χ0n) is 13.3. The van der Waals surface area contributed by atoms with Crippen molar-refractivity contribution >= 4 is 5.91 Å². The lowest BCUT2D eigenvalue weighted by molar-refractivity contribution is -0.185. The molecular weight excluding hydrogens is 284 g/mol. The van der Waals surface area contributed by atoms with E-state index in [1.54, 1.807) is 4.90 Å². The number of likely N-dealkylation sites (tertiary alicyclic amines) is 1. The lowest BCUT2D eigenvalue weighted by Gasteiger charge is -2.38. The van der Waals surface area contributed by atoms with Gasteiger partial charge in [0.25, 0.3) is 0 Å². The number of amides is 1. The second kappa shape index (κ2) is 11.0. The lowest BCUT2D eigenvalue weighted by atomic mass is 10.0. The summed E-state index contributed by atoms with van der Waals surface area (Å²) < 4.78 is 16.2. The van der Waals surface area contributed by atoms with Crippen LogP contribution in [0.2, 0.25) is 0 Å². The van der Waals surface area contributed by atoms with Gasteiger partial charge in [-0.25, -0.2) is 0 Å². The van der Waals surface area contributed by atoms with Crippen LogP contribution in [0.4, 0.5) is 0 Å². The maximum Gasteiger partial charge on any atom is 0.223 e. The van der Waals surface area contributed by atoms with Gasteiger partial charge in [-0.3, -0.25) is 4.79 Å². The fraction of sp³-hybridized carbons (Fsp3) is 0.750. The molecule has 0 spiro atoms. The van der Waals surface area contributed by atoms with Crippen LogP contribution in [0.3, 0.4) is 0 Å². The van der Waals surface area contributed by atoms with Crippen molar-refractivity contribution in [1.82, 2.24) is 4.90 Å². The Morgan fingerprint density at radius 2 is 2.00 bits per heavy atom. The van der Waals surface area contributed by atoms with Crippen LogP contribution in [0.15, 0.2) is 0 Å². The minimum Gasteiger partial charge on any atom is -0.354 e. The van der Waals surface area contributed by atoms with Gasteiger partial charge in [0.15, 0.2) is 6.29 Å². The molecule has 1 saturated heterocycles. The second-order valence-corrected chi connectivity index (χ2v) is 4.76. The molecule has 0 bridgehead atoms. The molecule has 1 rings (SSSR count). The number of nitriles is 1. The Hall–Kier alpha value is -1.60. The molecule has 0 N–H and O–H groups in total. The van der Waals surface area contributed by atoms with Crippen LogP contribution in [-0.4, -0.2) is 56.1 Å². The molecule has 1 heterocycles. The van der Waals surface area contributed by atoms with E-state index < -0.39 is 6.29 Å². The number of piperidine rings is 1. The molecular formula is C16H24N2O4. The predicted octanol–water partition coefficient (Wildman–Crippen LogP) is 1.31. The molecule has 122 valence electrons. The van der Waals surface area contributed by atoms with Gasteiger partial charge in [0.05, 0.1) is 18.7 Å². The summed E-state index contributed by atoms with van der Waals surface area (Å²) >= 11 is 0. The van der Waals surface area contributed by atoms with Gasteiger partial charge in [-0.2, -0.15) is 5.26 Å². The van der Waals surface area contributed by atoms with Crippen LogP contribution in [0.1, 0.15) is 33.1 Å². The van der Waals surface area contributed by atoms with E-state index in [0.717, 1.165) is 12.8 Å². The lowest BCUT2D eigenvalue weighted by Crippen LogP contribution is -2.51. The van der Waals surface area contributed by atoms with Crippen molar-refractivity contribution in [1.29, 1.82) is 5.26 Å². The van der Waals surface area contributed by atoms with Gasteiger partial charge in [0.2, 0.25) is 5.91 Å². The summed E-state index contributed by atoms with van der Waals surface area (Å²) in [4.78, 5) is 13.9. The molecule has 1 fully saturated rings. The Morgan fingerprint density at radius 3 is 2.64 bits per heavy atom. The van der Waals surface area contributed by atoms with Crippen LogP contribution in [0, 0.1) is 23.2 Å². The van der Waals surface area contributed by atoms with Crippen LogP contribution < -0.4 is 0 Å². The SMILES string of the molecule is CCOC(OCC)C1CCCC(=O)N1CC#CCOCC#N. The minimum atomic E-state index is -0.407. The van der Waals surface area contributed by atoms with Crippen molar-refractivity contribution in [2.45, 2.75) is 45.4 Å². The average molecular weight is 308 g/mol. The number of carbonyl (C=O) groups excluding carboxylic acids is 1. The zero-order chi connectivity index (χ0) is 16.2. The first-order valence-corrected chi connectivity index (χ1v) is 7.67. The van der Waals surface area contributed by atoms with Crippen LogP contribution in [-0.2, 0) is 19.0 Å². The summed E-state index contributed by atoms with van der Waals surface area (Å²) in [6, 6.07) is 1.78. The summed E-state index contributed by atoms with van der Waals surface area (Å²) in [5, 5.41) is 8.35. The largest absolute Gasteiger partial charge is 0.354 e. The van der Waals surface area contributed by atoms with Crippen molar-refractivity contribution in [2.75, 3.05) is 33.0 Å². The summed E-state index contributed by atoms with van der Waals surface area (Å²) in [5.41, 5.74) is 0. The monoisotopic (exact) mass is 308 g/mol. The summed E-state index contributed by atoms with van der Waals surface area (Å²) in [6.45, 7) is 5.45. The van der Waals surface area contributed by atoms with Gasteiger partial charge in [-0.1, -0.05) is 11.8 Å². The Balaban J connectivity index is 2.64. The van der Waals surface area contributed by atoms with Gasteiger partial charge in [-0.05, 0) is 26.7 Å². The molecule has 0 aromatic rings. The first-order chi connectivity index (χ1) is 10.7. The van der Waals surface area contributed by atoms with Crippen molar-refractivity contribution in [2.24, 2.45) is 0 Å². The standard InChI is InChI=1S/C16H24N2O4/c1-3-21-16(22-4-2)14-8-7-9-15(19)18(14)11-5-6-12-20-13-10-17/h14,16H,3-4,7-9,11-13H2,1-2H3. The van der Waals surface area contributed by atoms with Crippen LogP contribution >= 0.6 is 0 Å². The quantitative estimate of drug-likeness (QED) is 0.384. The molecule has 0 aromatic heterocycles. The highest BCUT2D eigenvalue weighted by Gasteiger charge is 2.34. The van der Waals surface area contributed by atoms with Crippen LogP contribution in [0.5, 0.6) is 0 Å². The van der Waals surface area contributed by atoms with Gasteiger partial charge in [0, 0.05) is 19.6 Å². The summed E-state index contributed by atoms with van der Waals surface area (Å²) in [6.07, 6.45) is 1.82. The molecule has 1 amide bonds. The molecule has 22 heavy (non-hydrogen) atoms. The predicted molar refractivity (Wildman–Crippen MR) is 80.6 cm³/mol. The molecule has 0 aromatic carbocycles. The van der Waals surface area contributed by atoms with Crippen LogP contribution in [0.25, 0.3) is 0 Å². The Bertz CT molecular complexity index is 430. The maximum absolute atomic E-state index is 12.2. The normalized spacial score (nSPS) is 18.0. The molecule has 0 aliphatic carbocycles. The Labute approximate surface area is 132 Å². The first-order valence-electron chi connectivity index (χ1n) is 7.67. The van der Waals surface area contributed by atoms with E-state index in [9.17, 15) is 4.79 Å². The third kappa shape index (κ3) is 6.03. The number of hydrogen-bond donors (Lipinski definition) is 0. The summed E-state index contributed by atoms with van der Waals surface area (Å²) in [5.74, 6) is 5.81. The topological polar surface area (TPSA) is 71.8 Å². The Kier molecular flexibility index (Phi) is 9.25. The first kappa shape index (κ1) is 18.4. The molecule has 1 atom stereocenters. The maximum atomic E-state index is 12.2. The van der Waals surface area contributed by atoms with Gasteiger partial charge >= 0.3 is 0 Å². The Morgan fingerprint density at radius 1 is 1.27 bits per heavy atom. The van der Waals surface area contributed by atoms with E-state index >= 15 is 0 Å². The number of rotatable bonds is 8. The highest BCUT2D eigenvalue weighted by Crippen LogP contribution is 2.23. The highest BCUT2D eigenvalue weighted by atomic mass is 16.7. The molecule has 1 aliphatic rings. The number of nitrogens with zero attached hydrogens (tertiary/aromatic N) is 2. The average Bonchev–Trinajstić information content (AvgIpc) is 2.51. The van der Waals surface area contributed by atoms with Gasteiger partial charge < -0.3 is 19.1 Å². The van der Waals surface area contributed by atoms with E-state index in [4.69, 9.17) is 19.5 Å². The van der Waals surface area contributed by atoms with Crippen molar-refractivity contribution in [3.63, 3.8) is 0 Å². The smallest absolute Gasteiger partial charge is 0.223 e. The molecule has 1 unspecified atom stereocenters.